The Labute approximate surface area is 204 Å². The van der Waals surface area contributed by atoms with E-state index in [-0.39, 0.29) is 24.2 Å². The van der Waals surface area contributed by atoms with Crippen molar-refractivity contribution in [3.05, 3.63) is 56.0 Å². The van der Waals surface area contributed by atoms with Crippen LogP contribution in [0.15, 0.2) is 44.4 Å². The summed E-state index contributed by atoms with van der Waals surface area (Å²) >= 11 is 6.49. The summed E-state index contributed by atoms with van der Waals surface area (Å²) in [5, 5.41) is 16.5. The number of nitrogens with zero attached hydrogens (tertiary/aromatic N) is 1. The summed E-state index contributed by atoms with van der Waals surface area (Å²) in [5.41, 5.74) is 5.01. The first-order chi connectivity index (χ1) is 15.1. The number of hydrazone groups is 1. The van der Waals surface area contributed by atoms with Crippen molar-refractivity contribution < 1.29 is 19.4 Å². The Bertz CT molecular complexity index is 965. The molecule has 0 fully saturated rings. The van der Waals surface area contributed by atoms with E-state index in [4.69, 9.17) is 4.74 Å². The SMILES string of the molecule is Cc1cccc(C)c1OCC(=O)N[C@@H](CC(C)C)C(=O)N/N=C\c1cc(Br)c(O)c(Br)c1. The zero-order chi connectivity index (χ0) is 23.8. The molecule has 7 nitrogen and oxygen atoms in total. The van der Waals surface area contributed by atoms with Crippen molar-refractivity contribution in [1.82, 2.24) is 10.7 Å². The molecule has 0 unspecified atom stereocenters. The molecule has 9 heteroatoms. The van der Waals surface area contributed by atoms with Gasteiger partial charge < -0.3 is 15.2 Å². The number of carbonyl (C=O) groups is 2. The number of phenolic OH excluding ortho intramolecular Hbond substituents is 1. The molecule has 2 aromatic rings. The molecule has 2 aromatic carbocycles. The highest BCUT2D eigenvalue weighted by atomic mass is 79.9. The minimum absolute atomic E-state index is 0.0778. The van der Waals surface area contributed by atoms with E-state index in [1.165, 1.54) is 6.21 Å². The highest BCUT2D eigenvalue weighted by molar-refractivity contribution is 9.11. The second kappa shape index (κ2) is 12.0. The molecule has 2 amide bonds. The highest BCUT2D eigenvalue weighted by Gasteiger charge is 2.22. The molecule has 0 aliphatic heterocycles. The van der Waals surface area contributed by atoms with Crippen molar-refractivity contribution in [2.45, 2.75) is 40.2 Å². The number of rotatable bonds is 9. The quantitative estimate of drug-likeness (QED) is 0.304. The third kappa shape index (κ3) is 7.63. The monoisotopic (exact) mass is 567 g/mol. The minimum atomic E-state index is -0.750. The van der Waals surface area contributed by atoms with Gasteiger partial charge in [-0.25, -0.2) is 5.43 Å². The maximum absolute atomic E-state index is 12.6. The number of benzene rings is 2. The van der Waals surface area contributed by atoms with Crippen molar-refractivity contribution in [3.63, 3.8) is 0 Å². The molecule has 0 aliphatic carbocycles. The Morgan fingerprint density at radius 2 is 1.75 bits per heavy atom. The van der Waals surface area contributed by atoms with Gasteiger partial charge in [-0.1, -0.05) is 32.0 Å². The van der Waals surface area contributed by atoms with Crippen LogP contribution in [0.5, 0.6) is 11.5 Å². The van der Waals surface area contributed by atoms with Gasteiger partial charge in [0.15, 0.2) is 6.61 Å². The van der Waals surface area contributed by atoms with Gasteiger partial charge in [-0.15, -0.1) is 0 Å². The van der Waals surface area contributed by atoms with Crippen LogP contribution in [0.1, 0.15) is 37.0 Å². The Morgan fingerprint density at radius 1 is 1.16 bits per heavy atom. The standard InChI is InChI=1S/C23H27Br2N3O4/c1-13(2)8-19(27-20(29)12-32-22-14(3)6-5-7-15(22)4)23(31)28-26-11-16-9-17(24)21(30)18(25)10-16/h5-7,9-11,13,19,30H,8,12H2,1-4H3,(H,27,29)(H,28,31)/b26-11-/t19-/m0/s1. The van der Waals surface area contributed by atoms with Crippen molar-refractivity contribution in [1.29, 1.82) is 0 Å². The number of ether oxygens (including phenoxy) is 1. The number of halogens is 2. The van der Waals surface area contributed by atoms with E-state index in [2.05, 4.69) is 47.7 Å². The van der Waals surface area contributed by atoms with Gasteiger partial charge in [0.1, 0.15) is 17.5 Å². The van der Waals surface area contributed by atoms with Gasteiger partial charge in [0, 0.05) is 0 Å². The van der Waals surface area contributed by atoms with Gasteiger partial charge in [-0.2, -0.15) is 5.10 Å². The fourth-order valence-electron chi connectivity index (χ4n) is 3.01. The van der Waals surface area contributed by atoms with Crippen LogP contribution in [-0.4, -0.2) is 35.8 Å². The molecule has 0 radical (unpaired) electrons. The van der Waals surface area contributed by atoms with Crippen LogP contribution in [0.2, 0.25) is 0 Å². The Morgan fingerprint density at radius 3 is 2.31 bits per heavy atom. The van der Waals surface area contributed by atoms with Gasteiger partial charge in [-0.05, 0) is 86.9 Å². The Kier molecular flexibility index (Phi) is 9.71. The smallest absolute Gasteiger partial charge is 0.262 e. The van der Waals surface area contributed by atoms with E-state index >= 15 is 0 Å². The number of carbonyl (C=O) groups excluding carboxylic acids is 2. The molecule has 0 heterocycles. The molecular weight excluding hydrogens is 542 g/mol. The molecule has 3 N–H and O–H groups in total. The van der Waals surface area contributed by atoms with Crippen molar-refractivity contribution in [3.8, 4) is 11.5 Å². The van der Waals surface area contributed by atoms with Gasteiger partial charge in [0.05, 0.1) is 15.2 Å². The van der Waals surface area contributed by atoms with Gasteiger partial charge >= 0.3 is 0 Å². The van der Waals surface area contributed by atoms with E-state index in [9.17, 15) is 14.7 Å². The molecule has 0 aromatic heterocycles. The number of para-hydroxylation sites is 1. The van der Waals surface area contributed by atoms with E-state index in [0.29, 0.717) is 26.7 Å². The van der Waals surface area contributed by atoms with Gasteiger partial charge in [0.2, 0.25) is 0 Å². The lowest BCUT2D eigenvalue weighted by atomic mass is 10.0. The van der Waals surface area contributed by atoms with Gasteiger partial charge in [-0.3, -0.25) is 9.59 Å². The summed E-state index contributed by atoms with van der Waals surface area (Å²) in [4.78, 5) is 25.1. The second-order valence-corrected chi connectivity index (χ2v) is 9.54. The van der Waals surface area contributed by atoms with Crippen molar-refractivity contribution >= 4 is 49.9 Å². The van der Waals surface area contributed by atoms with Crippen molar-refractivity contribution in [2.24, 2.45) is 11.0 Å². The van der Waals surface area contributed by atoms with Crippen LogP contribution >= 0.6 is 31.9 Å². The number of aryl methyl sites for hydroxylation is 2. The molecule has 0 saturated heterocycles. The number of nitrogens with one attached hydrogen (secondary N) is 2. The molecular formula is C23H27Br2N3O4. The Balaban J connectivity index is 1.99. The molecule has 172 valence electrons. The average Bonchev–Trinajstić information content (AvgIpc) is 2.70. The summed E-state index contributed by atoms with van der Waals surface area (Å²) in [6.45, 7) is 7.58. The summed E-state index contributed by atoms with van der Waals surface area (Å²) in [6.07, 6.45) is 1.90. The highest BCUT2D eigenvalue weighted by Crippen LogP contribution is 2.32. The lowest BCUT2D eigenvalue weighted by molar-refractivity contribution is -0.130. The minimum Gasteiger partial charge on any atom is -0.506 e. The molecule has 0 bridgehead atoms. The zero-order valence-corrected chi connectivity index (χ0v) is 21.6. The summed E-state index contributed by atoms with van der Waals surface area (Å²) in [5.74, 6) is 0.118. The number of amides is 2. The largest absolute Gasteiger partial charge is 0.506 e. The topological polar surface area (TPSA) is 100 Å². The van der Waals surface area contributed by atoms with Crippen LogP contribution < -0.4 is 15.5 Å². The number of hydrogen-bond acceptors (Lipinski definition) is 5. The maximum atomic E-state index is 12.6. The lowest BCUT2D eigenvalue weighted by Crippen LogP contribution is -2.47. The number of aromatic hydroxyl groups is 1. The first-order valence-electron chi connectivity index (χ1n) is 10.1. The van der Waals surface area contributed by atoms with Crippen LogP contribution in [0, 0.1) is 19.8 Å². The van der Waals surface area contributed by atoms with Crippen molar-refractivity contribution in [2.75, 3.05) is 6.61 Å². The first-order valence-corrected chi connectivity index (χ1v) is 11.7. The summed E-state index contributed by atoms with van der Waals surface area (Å²) in [7, 11) is 0. The van der Waals surface area contributed by atoms with E-state index in [1.807, 2.05) is 45.9 Å². The fraction of sp³-hybridized carbons (Fsp3) is 0.348. The Hall–Kier alpha value is -2.39. The number of phenols is 1. The molecule has 0 saturated carbocycles. The predicted octanol–water partition coefficient (Wildman–Crippen LogP) is 4.59. The molecule has 1 atom stereocenters. The fourth-order valence-corrected chi connectivity index (χ4v) is 4.23. The molecule has 2 rings (SSSR count). The molecule has 0 aliphatic rings. The second-order valence-electron chi connectivity index (χ2n) is 7.83. The van der Waals surface area contributed by atoms with Gasteiger partial charge in [0.25, 0.3) is 11.8 Å². The van der Waals surface area contributed by atoms with E-state index < -0.39 is 11.9 Å². The summed E-state index contributed by atoms with van der Waals surface area (Å²) in [6, 6.07) is 8.33. The first kappa shape index (κ1) is 25.9. The number of hydrogen-bond donors (Lipinski definition) is 3. The van der Waals surface area contributed by atoms with Crippen LogP contribution in [0.4, 0.5) is 0 Å². The third-order valence-electron chi connectivity index (χ3n) is 4.54. The predicted molar refractivity (Wildman–Crippen MR) is 132 cm³/mol. The molecule has 0 spiro atoms. The zero-order valence-electron chi connectivity index (χ0n) is 18.4. The van der Waals surface area contributed by atoms with Crippen LogP contribution in [0.25, 0.3) is 0 Å². The lowest BCUT2D eigenvalue weighted by Gasteiger charge is -2.19. The summed E-state index contributed by atoms with van der Waals surface area (Å²) < 4.78 is 6.67. The van der Waals surface area contributed by atoms with E-state index in [1.54, 1.807) is 12.1 Å². The van der Waals surface area contributed by atoms with Crippen LogP contribution in [0.3, 0.4) is 0 Å². The third-order valence-corrected chi connectivity index (χ3v) is 5.75. The normalized spacial score (nSPS) is 12.1. The molecule has 32 heavy (non-hydrogen) atoms. The van der Waals surface area contributed by atoms with E-state index in [0.717, 1.165) is 11.1 Å². The maximum Gasteiger partial charge on any atom is 0.262 e. The average molecular weight is 569 g/mol. The van der Waals surface area contributed by atoms with Crippen LogP contribution in [-0.2, 0) is 9.59 Å².